The number of nitrogens with one attached hydrogen (secondary N) is 1. The minimum Gasteiger partial charge on any atom is -0.342 e. The smallest absolute Gasteiger partial charge is 0.237 e. The van der Waals surface area contributed by atoms with Crippen LogP contribution in [-0.4, -0.2) is 15.0 Å². The summed E-state index contributed by atoms with van der Waals surface area (Å²) >= 11 is 0. The molecule has 30 heavy (non-hydrogen) atoms. The SMILES string of the molecule is C=C1C=Cc2cc(NS(=O)(=O)Cc3c(F)c(F)c(C)c(F)c3F)ccc2N1CCC. The Morgan fingerprint density at radius 3 is 2.27 bits per heavy atom. The monoisotopic (exact) mass is 440 g/mol. The second kappa shape index (κ2) is 8.14. The molecule has 0 saturated heterocycles. The van der Waals surface area contributed by atoms with Gasteiger partial charge in [-0.25, -0.2) is 26.0 Å². The first-order chi connectivity index (χ1) is 14.1. The van der Waals surface area contributed by atoms with Gasteiger partial charge in [-0.2, -0.15) is 0 Å². The van der Waals surface area contributed by atoms with Crippen molar-refractivity contribution < 1.29 is 26.0 Å². The van der Waals surface area contributed by atoms with Crippen LogP contribution >= 0.6 is 0 Å². The Labute approximate surface area is 172 Å². The van der Waals surface area contributed by atoms with Crippen LogP contribution < -0.4 is 9.62 Å². The van der Waals surface area contributed by atoms with Gasteiger partial charge in [-0.05, 0) is 37.6 Å². The van der Waals surface area contributed by atoms with Crippen LogP contribution in [0.2, 0.25) is 0 Å². The van der Waals surface area contributed by atoms with Gasteiger partial charge in [0.05, 0.1) is 0 Å². The van der Waals surface area contributed by atoms with Gasteiger partial charge >= 0.3 is 0 Å². The number of fused-ring (bicyclic) bond motifs is 1. The zero-order chi connectivity index (χ0) is 22.2. The summed E-state index contributed by atoms with van der Waals surface area (Å²) in [5, 5.41) is 0. The zero-order valence-corrected chi connectivity index (χ0v) is 17.2. The lowest BCUT2D eigenvalue weighted by molar-refractivity contribution is 0.434. The van der Waals surface area contributed by atoms with Gasteiger partial charge in [-0.15, -0.1) is 0 Å². The van der Waals surface area contributed by atoms with E-state index in [1.807, 2.05) is 11.8 Å². The lowest BCUT2D eigenvalue weighted by atomic mass is 10.1. The third-order valence-corrected chi connectivity index (χ3v) is 5.96. The average molecular weight is 440 g/mol. The minimum absolute atomic E-state index is 0.149. The number of hydrogen-bond acceptors (Lipinski definition) is 3. The van der Waals surface area contributed by atoms with Crippen LogP contribution in [0.4, 0.5) is 28.9 Å². The molecule has 3 rings (SSSR count). The predicted molar refractivity (Wildman–Crippen MR) is 110 cm³/mol. The van der Waals surface area contributed by atoms with Gasteiger partial charge in [0.25, 0.3) is 0 Å². The first kappa shape index (κ1) is 21.9. The summed E-state index contributed by atoms with van der Waals surface area (Å²) in [6.45, 7) is 7.58. The second-order valence-electron chi connectivity index (χ2n) is 6.97. The molecule has 0 aliphatic carbocycles. The average Bonchev–Trinajstić information content (AvgIpc) is 2.70. The summed E-state index contributed by atoms with van der Waals surface area (Å²) in [7, 11) is -4.36. The number of rotatable bonds is 6. The lowest BCUT2D eigenvalue weighted by Crippen LogP contribution is -2.24. The van der Waals surface area contributed by atoms with Gasteiger partial charge in [0, 0.05) is 40.3 Å². The highest BCUT2D eigenvalue weighted by atomic mass is 32.2. The topological polar surface area (TPSA) is 49.4 Å². The fraction of sp³-hybridized carbons (Fsp3) is 0.238. The van der Waals surface area contributed by atoms with Gasteiger partial charge in [0.15, 0.2) is 23.3 Å². The van der Waals surface area contributed by atoms with Crippen LogP contribution in [0.5, 0.6) is 0 Å². The molecule has 0 saturated carbocycles. The molecule has 160 valence electrons. The van der Waals surface area contributed by atoms with Crippen molar-refractivity contribution in [1.29, 1.82) is 0 Å². The summed E-state index contributed by atoms with van der Waals surface area (Å²) in [4.78, 5) is 1.98. The number of nitrogens with zero attached hydrogens (tertiary/aromatic N) is 1. The van der Waals surface area contributed by atoms with Crippen LogP contribution in [0.1, 0.15) is 30.0 Å². The predicted octanol–water partition coefficient (Wildman–Crippen LogP) is 5.25. The van der Waals surface area contributed by atoms with E-state index < -0.39 is 50.2 Å². The van der Waals surface area contributed by atoms with Crippen molar-refractivity contribution in [1.82, 2.24) is 0 Å². The van der Waals surface area contributed by atoms with Crippen molar-refractivity contribution in [2.24, 2.45) is 0 Å². The number of hydrogen-bond donors (Lipinski definition) is 1. The van der Waals surface area contributed by atoms with E-state index in [0.717, 1.165) is 36.8 Å². The fourth-order valence-electron chi connectivity index (χ4n) is 3.23. The Balaban J connectivity index is 1.90. The van der Waals surface area contributed by atoms with Crippen LogP contribution in [0.15, 0.2) is 36.6 Å². The molecule has 2 aromatic carbocycles. The molecule has 1 aliphatic heterocycles. The molecule has 9 heteroatoms. The number of halogens is 4. The molecule has 0 fully saturated rings. The third kappa shape index (κ3) is 4.07. The van der Waals surface area contributed by atoms with Crippen LogP contribution in [-0.2, 0) is 15.8 Å². The molecule has 2 aromatic rings. The molecule has 0 unspecified atom stereocenters. The van der Waals surface area contributed by atoms with E-state index in [0.29, 0.717) is 0 Å². The minimum atomic E-state index is -4.36. The molecule has 1 aliphatic rings. The van der Waals surface area contributed by atoms with Crippen molar-refractivity contribution >= 4 is 27.5 Å². The van der Waals surface area contributed by atoms with Crippen molar-refractivity contribution in [2.45, 2.75) is 26.0 Å². The van der Waals surface area contributed by atoms with Gasteiger partial charge in [-0.1, -0.05) is 19.6 Å². The van der Waals surface area contributed by atoms with E-state index >= 15 is 0 Å². The Bertz CT molecular complexity index is 1130. The molecule has 0 atom stereocenters. The van der Waals surface area contributed by atoms with Gasteiger partial charge in [-0.3, -0.25) is 4.72 Å². The number of sulfonamides is 1. The normalized spacial score (nSPS) is 13.5. The largest absolute Gasteiger partial charge is 0.342 e. The van der Waals surface area contributed by atoms with Crippen molar-refractivity contribution in [2.75, 3.05) is 16.2 Å². The van der Waals surface area contributed by atoms with Crippen molar-refractivity contribution in [3.05, 3.63) is 76.5 Å². The first-order valence-corrected chi connectivity index (χ1v) is 10.8. The summed E-state index contributed by atoms with van der Waals surface area (Å²) in [6.07, 6.45) is 4.44. The Morgan fingerprint density at radius 1 is 1.03 bits per heavy atom. The van der Waals surface area contributed by atoms with Gasteiger partial charge in [0.1, 0.15) is 5.75 Å². The highest BCUT2D eigenvalue weighted by Gasteiger charge is 2.27. The van der Waals surface area contributed by atoms with Gasteiger partial charge < -0.3 is 4.90 Å². The molecule has 0 radical (unpaired) electrons. The molecule has 0 spiro atoms. The highest BCUT2D eigenvalue weighted by Crippen LogP contribution is 2.33. The van der Waals surface area contributed by atoms with Crippen LogP contribution in [0, 0.1) is 30.2 Å². The second-order valence-corrected chi connectivity index (χ2v) is 8.69. The molecule has 1 N–H and O–H groups in total. The molecule has 1 heterocycles. The third-order valence-electron chi connectivity index (χ3n) is 4.75. The van der Waals surface area contributed by atoms with Gasteiger partial charge in [0.2, 0.25) is 10.0 Å². The lowest BCUT2D eigenvalue weighted by Gasteiger charge is -2.29. The van der Waals surface area contributed by atoms with E-state index in [9.17, 15) is 26.0 Å². The fourth-order valence-corrected chi connectivity index (χ4v) is 4.43. The Kier molecular flexibility index (Phi) is 5.94. The summed E-state index contributed by atoms with van der Waals surface area (Å²) in [5.74, 6) is -7.94. The highest BCUT2D eigenvalue weighted by molar-refractivity contribution is 7.91. The summed E-state index contributed by atoms with van der Waals surface area (Å²) in [6, 6.07) is 4.75. The molecular weight excluding hydrogens is 420 g/mol. The van der Waals surface area contributed by atoms with Crippen LogP contribution in [0.3, 0.4) is 0 Å². The number of anilines is 2. The maximum Gasteiger partial charge on any atom is 0.237 e. The van der Waals surface area contributed by atoms with Crippen molar-refractivity contribution in [3.63, 3.8) is 0 Å². The van der Waals surface area contributed by atoms with E-state index in [2.05, 4.69) is 11.3 Å². The standard InChI is InChI=1S/C21H20F4N2O2S/c1-4-9-27-12(2)5-6-14-10-15(7-8-17(14)27)26-30(28,29)11-16-20(24)18(22)13(3)19(23)21(16)25/h5-8,10,26H,2,4,9,11H2,1,3H3. The van der Waals surface area contributed by atoms with E-state index in [1.165, 1.54) is 6.07 Å². The molecule has 0 amide bonds. The Hall–Kier alpha value is -2.81. The van der Waals surface area contributed by atoms with E-state index in [-0.39, 0.29) is 5.69 Å². The molecule has 4 nitrogen and oxygen atoms in total. The van der Waals surface area contributed by atoms with Crippen molar-refractivity contribution in [3.8, 4) is 0 Å². The summed E-state index contributed by atoms with van der Waals surface area (Å²) < 4.78 is 82.7. The van der Waals surface area contributed by atoms with Crippen LogP contribution in [0.25, 0.3) is 6.08 Å². The molecule has 0 bridgehead atoms. The van der Waals surface area contributed by atoms with E-state index in [4.69, 9.17) is 0 Å². The maximum absolute atomic E-state index is 14.1. The Morgan fingerprint density at radius 2 is 1.67 bits per heavy atom. The molecule has 0 aromatic heterocycles. The quantitative estimate of drug-likeness (QED) is 0.493. The van der Waals surface area contributed by atoms with E-state index in [1.54, 1.807) is 24.3 Å². The first-order valence-electron chi connectivity index (χ1n) is 9.16. The zero-order valence-electron chi connectivity index (χ0n) is 16.4. The number of benzene rings is 2. The summed E-state index contributed by atoms with van der Waals surface area (Å²) in [5.41, 5.74) is 0.473. The molecular formula is C21H20F4N2O2S. The maximum atomic E-state index is 14.1. The number of allylic oxidation sites excluding steroid dienone is 1.